The van der Waals surface area contributed by atoms with E-state index in [0.29, 0.717) is 12.2 Å². The number of pyridine rings is 1. The van der Waals surface area contributed by atoms with Crippen LogP contribution in [0.15, 0.2) is 48.7 Å². The van der Waals surface area contributed by atoms with Gasteiger partial charge < -0.3 is 15.0 Å². The van der Waals surface area contributed by atoms with Crippen LogP contribution in [0.25, 0.3) is 16.9 Å². The smallest absolute Gasteiger partial charge is 0.272 e. The normalized spacial score (nSPS) is 14.9. The molecule has 2 aromatic heterocycles. The largest absolute Gasteiger partial charge is 0.497 e. The fourth-order valence-electron chi connectivity index (χ4n) is 3.77. The molecular weight excluding hydrogens is 352 g/mol. The lowest BCUT2D eigenvalue weighted by molar-refractivity contribution is 0.0943. The van der Waals surface area contributed by atoms with Gasteiger partial charge in [0.05, 0.1) is 12.8 Å². The number of rotatable bonds is 6. The highest BCUT2D eigenvalue weighted by Crippen LogP contribution is 2.27. The number of piperidine rings is 1. The van der Waals surface area contributed by atoms with Crippen LogP contribution < -0.4 is 10.1 Å². The van der Waals surface area contributed by atoms with Gasteiger partial charge in [-0.1, -0.05) is 12.5 Å². The number of hydrogen-bond acceptors (Lipinski definition) is 4. The molecule has 6 nitrogen and oxygen atoms in total. The zero-order valence-corrected chi connectivity index (χ0v) is 16.2. The number of amides is 1. The summed E-state index contributed by atoms with van der Waals surface area (Å²) in [5.41, 5.74) is 2.94. The van der Waals surface area contributed by atoms with Crippen molar-refractivity contribution < 1.29 is 9.53 Å². The maximum absolute atomic E-state index is 12.9. The Morgan fingerprint density at radius 3 is 2.64 bits per heavy atom. The quantitative estimate of drug-likeness (QED) is 0.715. The number of nitrogens with one attached hydrogen (secondary N) is 1. The van der Waals surface area contributed by atoms with Gasteiger partial charge >= 0.3 is 0 Å². The maximum Gasteiger partial charge on any atom is 0.272 e. The summed E-state index contributed by atoms with van der Waals surface area (Å²) < 4.78 is 7.22. The lowest BCUT2D eigenvalue weighted by Crippen LogP contribution is -2.37. The molecule has 0 saturated carbocycles. The molecule has 1 aliphatic rings. The van der Waals surface area contributed by atoms with Crippen molar-refractivity contribution in [1.29, 1.82) is 0 Å². The Hall–Kier alpha value is -2.86. The minimum atomic E-state index is -0.133. The number of fused-ring (bicyclic) bond motifs is 1. The second-order valence-electron chi connectivity index (χ2n) is 7.12. The van der Waals surface area contributed by atoms with Crippen molar-refractivity contribution in [3.8, 4) is 17.0 Å². The third-order valence-corrected chi connectivity index (χ3v) is 5.27. The van der Waals surface area contributed by atoms with Crippen LogP contribution in [-0.4, -0.2) is 53.5 Å². The zero-order chi connectivity index (χ0) is 19.3. The van der Waals surface area contributed by atoms with Crippen LogP contribution in [0.4, 0.5) is 0 Å². The average molecular weight is 378 g/mol. The molecule has 0 bridgehead atoms. The van der Waals surface area contributed by atoms with Gasteiger partial charge in [0.15, 0.2) is 5.69 Å². The molecule has 6 heteroatoms. The molecule has 1 aromatic carbocycles. The Bertz CT molecular complexity index is 943. The third kappa shape index (κ3) is 3.87. The van der Waals surface area contributed by atoms with Crippen molar-refractivity contribution in [2.45, 2.75) is 19.3 Å². The first kappa shape index (κ1) is 18.5. The van der Waals surface area contributed by atoms with E-state index in [1.165, 1.54) is 19.3 Å². The number of methoxy groups -OCH3 is 1. The number of aromatic nitrogens is 2. The molecule has 0 atom stereocenters. The van der Waals surface area contributed by atoms with Gasteiger partial charge in [-0.25, -0.2) is 4.98 Å². The van der Waals surface area contributed by atoms with E-state index in [1.54, 1.807) is 7.11 Å². The monoisotopic (exact) mass is 378 g/mol. The molecule has 0 spiro atoms. The highest BCUT2D eigenvalue weighted by molar-refractivity contribution is 5.99. The highest BCUT2D eigenvalue weighted by atomic mass is 16.5. The van der Waals surface area contributed by atoms with Gasteiger partial charge in [-0.15, -0.1) is 0 Å². The SMILES string of the molecule is COc1ccc(-c2c(C(=O)NCCN3CCCCC3)nc3ccccn23)cc1. The first-order valence-electron chi connectivity index (χ1n) is 9.88. The van der Waals surface area contributed by atoms with Crippen LogP contribution in [0.3, 0.4) is 0 Å². The van der Waals surface area contributed by atoms with Crippen molar-refractivity contribution in [2.75, 3.05) is 33.3 Å². The predicted molar refractivity (Wildman–Crippen MR) is 110 cm³/mol. The number of likely N-dealkylation sites (tertiary alicyclic amines) is 1. The number of hydrogen-bond donors (Lipinski definition) is 1. The van der Waals surface area contributed by atoms with E-state index in [2.05, 4.69) is 15.2 Å². The summed E-state index contributed by atoms with van der Waals surface area (Å²) >= 11 is 0. The summed E-state index contributed by atoms with van der Waals surface area (Å²) in [6.45, 7) is 3.77. The van der Waals surface area contributed by atoms with E-state index in [4.69, 9.17) is 4.74 Å². The molecule has 3 aromatic rings. The van der Waals surface area contributed by atoms with Crippen LogP contribution in [0.1, 0.15) is 29.8 Å². The molecule has 146 valence electrons. The van der Waals surface area contributed by atoms with Crippen LogP contribution in [0.5, 0.6) is 5.75 Å². The topological polar surface area (TPSA) is 58.9 Å². The molecule has 0 radical (unpaired) electrons. The van der Waals surface area contributed by atoms with Crippen molar-refractivity contribution in [3.63, 3.8) is 0 Å². The van der Waals surface area contributed by atoms with Crippen molar-refractivity contribution in [2.24, 2.45) is 0 Å². The van der Waals surface area contributed by atoms with Crippen LogP contribution >= 0.6 is 0 Å². The predicted octanol–water partition coefficient (Wildman–Crippen LogP) is 3.23. The minimum Gasteiger partial charge on any atom is -0.497 e. The minimum absolute atomic E-state index is 0.133. The van der Waals surface area contributed by atoms with Gasteiger partial charge in [0, 0.05) is 24.8 Å². The van der Waals surface area contributed by atoms with Gasteiger partial charge in [0.2, 0.25) is 0 Å². The van der Waals surface area contributed by atoms with Crippen LogP contribution in [-0.2, 0) is 0 Å². The van der Waals surface area contributed by atoms with Crippen molar-refractivity contribution in [1.82, 2.24) is 19.6 Å². The Morgan fingerprint density at radius 2 is 1.89 bits per heavy atom. The van der Waals surface area contributed by atoms with E-state index in [0.717, 1.165) is 42.3 Å². The lowest BCUT2D eigenvalue weighted by atomic mass is 10.1. The number of nitrogens with zero attached hydrogens (tertiary/aromatic N) is 3. The highest BCUT2D eigenvalue weighted by Gasteiger charge is 2.20. The Morgan fingerprint density at radius 1 is 1.11 bits per heavy atom. The molecule has 1 aliphatic heterocycles. The van der Waals surface area contributed by atoms with Gasteiger partial charge in [0.25, 0.3) is 5.91 Å². The summed E-state index contributed by atoms with van der Waals surface area (Å²) in [4.78, 5) is 20.0. The second-order valence-corrected chi connectivity index (χ2v) is 7.12. The summed E-state index contributed by atoms with van der Waals surface area (Å²) in [6, 6.07) is 13.5. The molecule has 1 N–H and O–H groups in total. The standard InChI is InChI=1S/C22H26N4O2/c1-28-18-10-8-17(9-11-18)21-20(24-19-7-3-6-15-26(19)21)22(27)23-12-16-25-13-4-2-5-14-25/h3,6-11,15H,2,4-5,12-14,16H2,1H3,(H,23,27). The molecule has 4 rings (SSSR count). The zero-order valence-electron chi connectivity index (χ0n) is 16.2. The van der Waals surface area contributed by atoms with Crippen LogP contribution in [0.2, 0.25) is 0 Å². The number of carbonyl (C=O) groups excluding carboxylic acids is 1. The van der Waals surface area contributed by atoms with Crippen molar-refractivity contribution in [3.05, 3.63) is 54.4 Å². The molecule has 3 heterocycles. The summed E-state index contributed by atoms with van der Waals surface area (Å²) in [5.74, 6) is 0.650. The van der Waals surface area contributed by atoms with E-state index < -0.39 is 0 Å². The van der Waals surface area contributed by atoms with E-state index >= 15 is 0 Å². The third-order valence-electron chi connectivity index (χ3n) is 5.27. The molecule has 1 fully saturated rings. The Kier molecular flexibility index (Phi) is 5.58. The number of carbonyl (C=O) groups is 1. The number of benzene rings is 1. The summed E-state index contributed by atoms with van der Waals surface area (Å²) in [5, 5.41) is 3.06. The van der Waals surface area contributed by atoms with Crippen LogP contribution in [0, 0.1) is 0 Å². The molecule has 1 saturated heterocycles. The van der Waals surface area contributed by atoms with Gasteiger partial charge in [-0.2, -0.15) is 0 Å². The van der Waals surface area contributed by atoms with E-state index in [-0.39, 0.29) is 5.91 Å². The molecule has 28 heavy (non-hydrogen) atoms. The lowest BCUT2D eigenvalue weighted by Gasteiger charge is -2.26. The van der Waals surface area contributed by atoms with E-state index in [9.17, 15) is 4.79 Å². The first-order chi connectivity index (χ1) is 13.8. The van der Waals surface area contributed by atoms with Gasteiger partial charge in [-0.05, 0) is 62.3 Å². The Balaban J connectivity index is 1.57. The van der Waals surface area contributed by atoms with Gasteiger partial charge in [-0.3, -0.25) is 9.20 Å². The fraction of sp³-hybridized carbons (Fsp3) is 0.364. The average Bonchev–Trinajstić information content (AvgIpc) is 3.14. The molecule has 0 unspecified atom stereocenters. The molecule has 0 aliphatic carbocycles. The Labute approximate surface area is 165 Å². The fourth-order valence-corrected chi connectivity index (χ4v) is 3.77. The molecule has 1 amide bonds. The number of ether oxygens (including phenoxy) is 1. The van der Waals surface area contributed by atoms with Gasteiger partial charge in [0.1, 0.15) is 11.4 Å². The number of imidazole rings is 1. The maximum atomic E-state index is 12.9. The summed E-state index contributed by atoms with van der Waals surface area (Å²) in [6.07, 6.45) is 5.76. The summed E-state index contributed by atoms with van der Waals surface area (Å²) in [7, 11) is 1.64. The van der Waals surface area contributed by atoms with Crippen molar-refractivity contribution >= 4 is 11.6 Å². The first-order valence-corrected chi connectivity index (χ1v) is 9.88. The second kappa shape index (κ2) is 8.44. The molecular formula is C22H26N4O2. The van der Waals surface area contributed by atoms with E-state index in [1.807, 2.05) is 53.1 Å².